The van der Waals surface area contributed by atoms with E-state index in [0.717, 1.165) is 30.9 Å². The van der Waals surface area contributed by atoms with Crippen LogP contribution in [0.15, 0.2) is 0 Å². The molecule has 0 amide bonds. The van der Waals surface area contributed by atoms with E-state index in [2.05, 4.69) is 24.1 Å². The van der Waals surface area contributed by atoms with Crippen molar-refractivity contribution in [2.24, 2.45) is 0 Å². The zero-order valence-corrected chi connectivity index (χ0v) is 11.8. The molecule has 0 aromatic carbocycles. The average molecular weight is 249 g/mol. The lowest BCUT2D eigenvalue weighted by molar-refractivity contribution is -0.0390. The van der Waals surface area contributed by atoms with Crippen LogP contribution in [0.1, 0.15) is 50.7 Å². The minimum absolute atomic E-state index is 0.377. The Morgan fingerprint density at radius 2 is 2.06 bits per heavy atom. The number of anilines is 1. The second-order valence-corrected chi connectivity index (χ2v) is 4.94. The Morgan fingerprint density at radius 3 is 2.67 bits per heavy atom. The van der Waals surface area contributed by atoms with Crippen molar-refractivity contribution in [2.75, 3.05) is 19.0 Å². The molecule has 1 atom stereocenters. The van der Waals surface area contributed by atoms with E-state index in [4.69, 9.17) is 9.72 Å². The minimum atomic E-state index is -0.377. The number of nitrogens with one attached hydrogen (secondary N) is 1. The number of aromatic nitrogens is 2. The minimum Gasteiger partial charge on any atom is -0.373 e. The summed E-state index contributed by atoms with van der Waals surface area (Å²) in [5, 5.41) is 3.20. The van der Waals surface area contributed by atoms with Gasteiger partial charge in [-0.3, -0.25) is 0 Å². The Labute approximate surface area is 109 Å². The van der Waals surface area contributed by atoms with Crippen molar-refractivity contribution in [3.63, 3.8) is 0 Å². The third-order valence-electron chi connectivity index (χ3n) is 3.78. The zero-order chi connectivity index (χ0) is 13.2. The molecule has 1 aliphatic rings. The van der Waals surface area contributed by atoms with E-state index in [-0.39, 0.29) is 5.60 Å². The van der Waals surface area contributed by atoms with Crippen LogP contribution in [0.5, 0.6) is 0 Å². The summed E-state index contributed by atoms with van der Waals surface area (Å²) in [5.41, 5.74) is 2.11. The maximum atomic E-state index is 5.87. The van der Waals surface area contributed by atoms with E-state index < -0.39 is 0 Å². The molecule has 1 N–H and O–H groups in total. The molecule has 0 spiro atoms. The van der Waals surface area contributed by atoms with Crippen molar-refractivity contribution in [1.29, 1.82) is 0 Å². The number of nitrogens with zero attached hydrogens (tertiary/aromatic N) is 2. The van der Waals surface area contributed by atoms with Crippen LogP contribution in [-0.4, -0.2) is 23.6 Å². The summed E-state index contributed by atoms with van der Waals surface area (Å²) in [6, 6.07) is 0. The van der Waals surface area contributed by atoms with Crippen molar-refractivity contribution < 1.29 is 4.74 Å². The van der Waals surface area contributed by atoms with E-state index in [1.807, 2.05) is 14.0 Å². The molecule has 1 aliphatic carbocycles. The number of ether oxygens (including phenoxy) is 1. The van der Waals surface area contributed by atoms with E-state index >= 15 is 0 Å². The topological polar surface area (TPSA) is 47.0 Å². The summed E-state index contributed by atoms with van der Waals surface area (Å²) in [4.78, 5) is 9.42. The molecular weight excluding hydrogens is 226 g/mol. The second-order valence-electron chi connectivity index (χ2n) is 4.94. The fraction of sp³-hybridized carbons (Fsp3) is 0.714. The first-order chi connectivity index (χ1) is 8.64. The smallest absolute Gasteiger partial charge is 0.162 e. The van der Waals surface area contributed by atoms with Crippen LogP contribution in [0.25, 0.3) is 0 Å². The SMILES string of the molecule is CCOC(C)(CC)c1nc2c(c(NC)n1)CCC2. The van der Waals surface area contributed by atoms with Crippen molar-refractivity contribution in [3.05, 3.63) is 17.1 Å². The van der Waals surface area contributed by atoms with Crippen LogP contribution in [0.2, 0.25) is 0 Å². The summed E-state index contributed by atoms with van der Waals surface area (Å²) in [6.07, 6.45) is 4.21. The largest absolute Gasteiger partial charge is 0.373 e. The van der Waals surface area contributed by atoms with Crippen LogP contribution >= 0.6 is 0 Å². The monoisotopic (exact) mass is 249 g/mol. The standard InChI is InChI=1S/C14H23N3O/c1-5-14(3,18-6-2)13-16-11-9-7-8-10(11)12(15-4)17-13/h5-9H2,1-4H3,(H,15,16,17). The molecule has 4 nitrogen and oxygen atoms in total. The maximum absolute atomic E-state index is 5.87. The fourth-order valence-electron chi connectivity index (χ4n) is 2.52. The van der Waals surface area contributed by atoms with E-state index in [1.54, 1.807) is 0 Å². The first-order valence-electron chi connectivity index (χ1n) is 6.86. The predicted octanol–water partition coefficient (Wildman–Crippen LogP) is 2.67. The van der Waals surface area contributed by atoms with E-state index in [9.17, 15) is 0 Å². The average Bonchev–Trinajstić information content (AvgIpc) is 2.85. The Hall–Kier alpha value is -1.16. The van der Waals surface area contributed by atoms with Crippen LogP contribution in [0.3, 0.4) is 0 Å². The van der Waals surface area contributed by atoms with Gasteiger partial charge in [-0.1, -0.05) is 6.92 Å². The van der Waals surface area contributed by atoms with E-state index in [0.29, 0.717) is 6.61 Å². The number of hydrogen-bond donors (Lipinski definition) is 1. The highest BCUT2D eigenvalue weighted by Crippen LogP contribution is 2.32. The van der Waals surface area contributed by atoms with E-state index in [1.165, 1.54) is 17.7 Å². The molecule has 18 heavy (non-hydrogen) atoms. The van der Waals surface area contributed by atoms with Crippen LogP contribution < -0.4 is 5.32 Å². The van der Waals surface area contributed by atoms with Gasteiger partial charge in [0.1, 0.15) is 11.4 Å². The van der Waals surface area contributed by atoms with Crippen molar-refractivity contribution in [3.8, 4) is 0 Å². The molecule has 0 saturated carbocycles. The van der Waals surface area contributed by atoms with Gasteiger partial charge in [-0.2, -0.15) is 0 Å². The van der Waals surface area contributed by atoms with Gasteiger partial charge in [-0.15, -0.1) is 0 Å². The predicted molar refractivity (Wildman–Crippen MR) is 72.9 cm³/mol. The highest BCUT2D eigenvalue weighted by molar-refractivity contribution is 5.48. The van der Waals surface area contributed by atoms with Gasteiger partial charge < -0.3 is 10.1 Å². The Bertz CT molecular complexity index is 433. The van der Waals surface area contributed by atoms with Gasteiger partial charge in [0, 0.05) is 24.9 Å². The third kappa shape index (κ3) is 2.21. The fourth-order valence-corrected chi connectivity index (χ4v) is 2.52. The van der Waals surface area contributed by atoms with Crippen LogP contribution in [-0.2, 0) is 23.2 Å². The van der Waals surface area contributed by atoms with Gasteiger partial charge in [0.05, 0.1) is 0 Å². The van der Waals surface area contributed by atoms with Gasteiger partial charge in [0.15, 0.2) is 5.82 Å². The Balaban J connectivity index is 2.45. The summed E-state index contributed by atoms with van der Waals surface area (Å²) in [6.45, 7) is 6.89. The van der Waals surface area contributed by atoms with Crippen LogP contribution in [0.4, 0.5) is 5.82 Å². The molecule has 1 unspecified atom stereocenters. The van der Waals surface area contributed by atoms with Gasteiger partial charge >= 0.3 is 0 Å². The second kappa shape index (κ2) is 5.22. The van der Waals surface area contributed by atoms with Gasteiger partial charge in [0.2, 0.25) is 0 Å². The molecule has 4 heteroatoms. The highest BCUT2D eigenvalue weighted by atomic mass is 16.5. The summed E-state index contributed by atoms with van der Waals surface area (Å²) < 4.78 is 5.87. The molecular formula is C14H23N3O. The lowest BCUT2D eigenvalue weighted by Crippen LogP contribution is -2.29. The molecule has 1 aromatic rings. The quantitative estimate of drug-likeness (QED) is 0.871. The molecule has 1 heterocycles. The Kier molecular flexibility index (Phi) is 3.85. The third-order valence-corrected chi connectivity index (χ3v) is 3.78. The lowest BCUT2D eigenvalue weighted by atomic mass is 10.0. The molecule has 100 valence electrons. The number of rotatable bonds is 5. The maximum Gasteiger partial charge on any atom is 0.162 e. The Morgan fingerprint density at radius 1 is 1.28 bits per heavy atom. The summed E-state index contributed by atoms with van der Waals surface area (Å²) in [5.74, 6) is 1.80. The van der Waals surface area contributed by atoms with Crippen molar-refractivity contribution >= 4 is 5.82 Å². The van der Waals surface area contributed by atoms with Gasteiger partial charge in [-0.25, -0.2) is 9.97 Å². The van der Waals surface area contributed by atoms with Crippen LogP contribution in [0, 0.1) is 0 Å². The lowest BCUT2D eigenvalue weighted by Gasteiger charge is -2.27. The normalized spacial score (nSPS) is 17.3. The van der Waals surface area contributed by atoms with Gasteiger partial charge in [0.25, 0.3) is 0 Å². The number of fused-ring (bicyclic) bond motifs is 1. The summed E-state index contributed by atoms with van der Waals surface area (Å²) in [7, 11) is 1.93. The molecule has 0 saturated heterocycles. The first kappa shape index (κ1) is 13.3. The highest BCUT2D eigenvalue weighted by Gasteiger charge is 2.31. The molecule has 0 radical (unpaired) electrons. The molecule has 0 fully saturated rings. The van der Waals surface area contributed by atoms with Crippen molar-refractivity contribution in [1.82, 2.24) is 9.97 Å². The van der Waals surface area contributed by atoms with Crippen molar-refractivity contribution in [2.45, 2.75) is 52.1 Å². The molecule has 0 bridgehead atoms. The summed E-state index contributed by atoms with van der Waals surface area (Å²) >= 11 is 0. The number of hydrogen-bond acceptors (Lipinski definition) is 4. The molecule has 1 aromatic heterocycles. The molecule has 0 aliphatic heterocycles. The van der Waals surface area contributed by atoms with Gasteiger partial charge in [-0.05, 0) is 39.5 Å². The molecule has 2 rings (SSSR count). The first-order valence-corrected chi connectivity index (χ1v) is 6.86. The zero-order valence-electron chi connectivity index (χ0n) is 11.8. The number of aryl methyl sites for hydroxylation is 1.